The summed E-state index contributed by atoms with van der Waals surface area (Å²) in [6.45, 7) is 1.33. The molecule has 11 heteroatoms. The molecule has 1 atom stereocenters. The molecule has 2 heterocycles. The van der Waals surface area contributed by atoms with E-state index in [1.165, 1.54) is 34.9 Å². The summed E-state index contributed by atoms with van der Waals surface area (Å²) in [6, 6.07) is 7.63. The number of aromatic nitrogens is 3. The third-order valence-electron chi connectivity index (χ3n) is 3.83. The van der Waals surface area contributed by atoms with E-state index in [1.54, 1.807) is 6.92 Å². The Bertz CT molecular complexity index is 1060. The molecule has 0 saturated carbocycles. The predicted octanol–water partition coefficient (Wildman–Crippen LogP) is 2.93. The number of pyridine rings is 1. The van der Waals surface area contributed by atoms with E-state index in [0.29, 0.717) is 16.2 Å². The molecule has 1 aromatic carbocycles. The fraction of sp³-hybridized carbons (Fsp3) is 0.235. The number of fused-ring (bicyclic) bond motifs is 1. The van der Waals surface area contributed by atoms with E-state index in [2.05, 4.69) is 15.2 Å². The molecule has 148 valence electrons. The van der Waals surface area contributed by atoms with Crippen molar-refractivity contribution in [3.63, 3.8) is 0 Å². The lowest BCUT2D eigenvalue weighted by molar-refractivity contribution is -0.274. The molecule has 1 N–H and O–H groups in total. The summed E-state index contributed by atoms with van der Waals surface area (Å²) < 4.78 is 42.6. The maximum absolute atomic E-state index is 12.2. The number of carbonyl (C=O) groups is 1. The number of ether oxygens (including phenoxy) is 1. The van der Waals surface area contributed by atoms with Gasteiger partial charge >= 0.3 is 12.1 Å². The van der Waals surface area contributed by atoms with Gasteiger partial charge in [-0.2, -0.15) is 0 Å². The molecule has 0 unspecified atom stereocenters. The van der Waals surface area contributed by atoms with Gasteiger partial charge in [-0.05, 0) is 30.7 Å². The summed E-state index contributed by atoms with van der Waals surface area (Å²) in [6.07, 6.45) is -3.32. The van der Waals surface area contributed by atoms with E-state index in [0.717, 1.165) is 16.8 Å². The van der Waals surface area contributed by atoms with Gasteiger partial charge in [0.2, 0.25) is 5.91 Å². The average molecular weight is 415 g/mol. The van der Waals surface area contributed by atoms with Gasteiger partial charge < -0.3 is 10.1 Å². The first-order chi connectivity index (χ1) is 13.1. The zero-order valence-corrected chi connectivity index (χ0v) is 15.2. The first-order valence-electron chi connectivity index (χ1n) is 8.02. The minimum atomic E-state index is -4.77. The molecule has 0 bridgehead atoms. The number of amides is 1. The van der Waals surface area contributed by atoms with E-state index in [1.807, 2.05) is 0 Å². The highest BCUT2D eigenvalue weighted by atomic mass is 35.5. The van der Waals surface area contributed by atoms with Crippen LogP contribution in [0.2, 0.25) is 5.02 Å². The number of nitrogens with one attached hydrogen (secondary N) is 1. The number of halogens is 4. The van der Waals surface area contributed by atoms with Crippen LogP contribution in [0.4, 0.5) is 13.2 Å². The third kappa shape index (κ3) is 4.63. The molecule has 1 amide bonds. The van der Waals surface area contributed by atoms with Crippen molar-refractivity contribution in [2.24, 2.45) is 0 Å². The van der Waals surface area contributed by atoms with Crippen molar-refractivity contribution in [2.45, 2.75) is 25.9 Å². The molecular formula is C17H14ClF3N4O3. The largest absolute Gasteiger partial charge is 0.573 e. The van der Waals surface area contributed by atoms with Crippen molar-refractivity contribution in [1.29, 1.82) is 0 Å². The summed E-state index contributed by atoms with van der Waals surface area (Å²) in [5, 5.41) is 7.10. The highest BCUT2D eigenvalue weighted by Crippen LogP contribution is 2.24. The first kappa shape index (κ1) is 19.7. The van der Waals surface area contributed by atoms with Crippen LogP contribution in [0.1, 0.15) is 18.5 Å². The van der Waals surface area contributed by atoms with Crippen LogP contribution in [0.5, 0.6) is 5.75 Å². The molecule has 0 aliphatic carbocycles. The average Bonchev–Trinajstić information content (AvgIpc) is 2.89. The molecule has 0 radical (unpaired) electrons. The monoisotopic (exact) mass is 414 g/mol. The number of hydrogen-bond acceptors (Lipinski definition) is 4. The Balaban J connectivity index is 1.66. The standard InChI is InChI=1S/C17H14ClF3N4O3/c1-10(11-2-4-13(5-3-11)28-17(19,20)21)22-15(26)9-25-16(27)24-7-6-12(18)8-14(24)23-25/h2-8,10H,9H2,1H3,(H,22,26)/t10-/m0/s1. The molecule has 0 saturated heterocycles. The van der Waals surface area contributed by atoms with Gasteiger partial charge in [0.15, 0.2) is 5.65 Å². The number of nitrogens with zero attached hydrogens (tertiary/aromatic N) is 3. The maximum atomic E-state index is 12.2. The second-order valence-corrected chi connectivity index (χ2v) is 6.36. The van der Waals surface area contributed by atoms with Crippen LogP contribution in [0.15, 0.2) is 47.4 Å². The molecule has 2 aromatic heterocycles. The van der Waals surface area contributed by atoms with Crippen LogP contribution in [-0.2, 0) is 11.3 Å². The van der Waals surface area contributed by atoms with Gasteiger partial charge in [0.25, 0.3) is 0 Å². The Morgan fingerprint density at radius 3 is 2.61 bits per heavy atom. The van der Waals surface area contributed by atoms with Crippen molar-refractivity contribution >= 4 is 23.2 Å². The van der Waals surface area contributed by atoms with Gasteiger partial charge in [-0.3, -0.25) is 9.20 Å². The lowest BCUT2D eigenvalue weighted by Gasteiger charge is -2.15. The van der Waals surface area contributed by atoms with E-state index >= 15 is 0 Å². The fourth-order valence-corrected chi connectivity index (χ4v) is 2.71. The van der Waals surface area contributed by atoms with E-state index in [9.17, 15) is 22.8 Å². The fourth-order valence-electron chi connectivity index (χ4n) is 2.56. The highest BCUT2D eigenvalue weighted by Gasteiger charge is 2.31. The highest BCUT2D eigenvalue weighted by molar-refractivity contribution is 6.30. The van der Waals surface area contributed by atoms with Crippen LogP contribution in [0.3, 0.4) is 0 Å². The quantitative estimate of drug-likeness (QED) is 0.696. The van der Waals surface area contributed by atoms with Gasteiger partial charge in [0, 0.05) is 17.3 Å². The Morgan fingerprint density at radius 2 is 1.96 bits per heavy atom. The van der Waals surface area contributed by atoms with Crippen molar-refractivity contribution < 1.29 is 22.7 Å². The Morgan fingerprint density at radius 1 is 1.29 bits per heavy atom. The number of hydrogen-bond donors (Lipinski definition) is 1. The van der Waals surface area contributed by atoms with Gasteiger partial charge in [-0.1, -0.05) is 23.7 Å². The van der Waals surface area contributed by atoms with Gasteiger partial charge in [-0.15, -0.1) is 18.3 Å². The lowest BCUT2D eigenvalue weighted by atomic mass is 10.1. The smallest absolute Gasteiger partial charge is 0.406 e. The summed E-state index contributed by atoms with van der Waals surface area (Å²) >= 11 is 5.85. The topological polar surface area (TPSA) is 77.6 Å². The summed E-state index contributed by atoms with van der Waals surface area (Å²) in [4.78, 5) is 24.4. The molecule has 28 heavy (non-hydrogen) atoms. The third-order valence-corrected chi connectivity index (χ3v) is 4.07. The first-order valence-corrected chi connectivity index (χ1v) is 8.40. The van der Waals surface area contributed by atoms with E-state index in [4.69, 9.17) is 11.6 Å². The minimum absolute atomic E-state index is 0.304. The summed E-state index contributed by atoms with van der Waals surface area (Å²) in [5.41, 5.74) is 0.374. The molecule has 3 aromatic rings. The SMILES string of the molecule is C[C@H](NC(=O)Cn1nc2cc(Cl)ccn2c1=O)c1ccc(OC(F)(F)F)cc1. The van der Waals surface area contributed by atoms with Gasteiger partial charge in [0.05, 0.1) is 6.04 Å². The van der Waals surface area contributed by atoms with Crippen LogP contribution in [0.25, 0.3) is 5.65 Å². The molecular weight excluding hydrogens is 401 g/mol. The molecule has 0 spiro atoms. The van der Waals surface area contributed by atoms with Crippen molar-refractivity contribution in [3.8, 4) is 5.75 Å². The van der Waals surface area contributed by atoms with Crippen molar-refractivity contribution in [2.75, 3.05) is 0 Å². The summed E-state index contributed by atoms with van der Waals surface area (Å²) in [7, 11) is 0. The summed E-state index contributed by atoms with van der Waals surface area (Å²) in [5.74, 6) is -0.843. The molecule has 0 aliphatic rings. The number of alkyl halides is 3. The molecule has 3 rings (SSSR count). The zero-order valence-electron chi connectivity index (χ0n) is 14.4. The maximum Gasteiger partial charge on any atom is 0.573 e. The Kier molecular flexibility index (Phi) is 5.32. The van der Waals surface area contributed by atoms with Crippen LogP contribution in [0, 0.1) is 0 Å². The zero-order chi connectivity index (χ0) is 20.5. The molecule has 7 nitrogen and oxygen atoms in total. The van der Waals surface area contributed by atoms with Crippen LogP contribution in [-0.4, -0.2) is 26.5 Å². The van der Waals surface area contributed by atoms with E-state index < -0.39 is 24.0 Å². The normalized spacial score (nSPS) is 12.8. The second-order valence-electron chi connectivity index (χ2n) is 5.92. The predicted molar refractivity (Wildman–Crippen MR) is 94.1 cm³/mol. The molecule has 0 fully saturated rings. The Labute approximate surface area is 161 Å². The molecule has 0 aliphatic heterocycles. The van der Waals surface area contributed by atoms with Gasteiger partial charge in [-0.25, -0.2) is 9.48 Å². The number of rotatable bonds is 5. The minimum Gasteiger partial charge on any atom is -0.406 e. The van der Waals surface area contributed by atoms with Crippen LogP contribution < -0.4 is 15.7 Å². The second kappa shape index (κ2) is 7.55. The van der Waals surface area contributed by atoms with E-state index in [-0.39, 0.29) is 12.3 Å². The van der Waals surface area contributed by atoms with Crippen molar-refractivity contribution in [1.82, 2.24) is 19.5 Å². The van der Waals surface area contributed by atoms with Gasteiger partial charge in [0.1, 0.15) is 12.3 Å². The van der Waals surface area contributed by atoms with Crippen molar-refractivity contribution in [3.05, 3.63) is 63.7 Å². The Hall–Kier alpha value is -3.01. The number of carbonyl (C=O) groups excluding carboxylic acids is 1. The number of benzene rings is 1. The van der Waals surface area contributed by atoms with Crippen LogP contribution >= 0.6 is 11.6 Å². The lowest BCUT2D eigenvalue weighted by Crippen LogP contribution is -2.34.